The number of ether oxygens (including phenoxy) is 1. The van der Waals surface area contributed by atoms with E-state index in [1.165, 1.54) is 7.11 Å². The summed E-state index contributed by atoms with van der Waals surface area (Å²) in [6.45, 7) is 1.96. The van der Waals surface area contributed by atoms with Crippen molar-refractivity contribution >= 4 is 28.0 Å². The van der Waals surface area contributed by atoms with Gasteiger partial charge in [-0.2, -0.15) is 0 Å². The largest absolute Gasteiger partial charge is 0.504 e. The minimum Gasteiger partial charge on any atom is -0.504 e. The molecule has 0 saturated carbocycles. The average Bonchev–Trinajstić information content (AvgIpc) is 2.41. The molecule has 1 aromatic heterocycles. The van der Waals surface area contributed by atoms with Gasteiger partial charge in [0.15, 0.2) is 17.3 Å². The first-order valence-electron chi connectivity index (χ1n) is 5.63. The van der Waals surface area contributed by atoms with Gasteiger partial charge >= 0.3 is 0 Å². The first-order valence-corrected chi connectivity index (χ1v) is 6.42. The predicted molar refractivity (Wildman–Crippen MR) is 78.6 cm³/mol. The van der Waals surface area contributed by atoms with E-state index in [2.05, 4.69) is 25.9 Å². The zero-order valence-electron chi connectivity index (χ0n) is 10.6. The third-order valence-electron chi connectivity index (χ3n) is 2.52. The number of methoxy groups -OCH3 is 1. The van der Waals surface area contributed by atoms with E-state index < -0.39 is 0 Å². The van der Waals surface area contributed by atoms with Crippen LogP contribution in [-0.2, 0) is 0 Å². The number of hydrogen-bond acceptors (Lipinski definition) is 4. The molecule has 0 spiro atoms. The number of phenolic OH excluding ortho intramolecular Hbond substituents is 1. The molecule has 1 heterocycles. The lowest BCUT2D eigenvalue weighted by Gasteiger charge is -2.06. The maximum absolute atomic E-state index is 9.98. The van der Waals surface area contributed by atoms with Crippen molar-refractivity contribution < 1.29 is 9.84 Å². The third kappa shape index (κ3) is 3.32. The quantitative estimate of drug-likeness (QED) is 0.879. The number of aromatic hydroxyl groups is 1. The van der Waals surface area contributed by atoms with Crippen LogP contribution in [0.2, 0.25) is 0 Å². The molecule has 4 nitrogen and oxygen atoms in total. The Morgan fingerprint density at radius 1 is 1.37 bits per heavy atom. The number of rotatable bonds is 3. The van der Waals surface area contributed by atoms with Gasteiger partial charge in [-0.25, -0.2) is 9.98 Å². The van der Waals surface area contributed by atoms with E-state index in [0.29, 0.717) is 17.1 Å². The molecule has 0 amide bonds. The third-order valence-corrected chi connectivity index (χ3v) is 2.98. The van der Waals surface area contributed by atoms with E-state index in [1.807, 2.05) is 19.1 Å². The number of nitrogens with zero attached hydrogens (tertiary/aromatic N) is 2. The summed E-state index contributed by atoms with van der Waals surface area (Å²) in [5, 5.41) is 9.98. The van der Waals surface area contributed by atoms with Crippen LogP contribution < -0.4 is 4.74 Å². The number of hydrogen-bond donors (Lipinski definition) is 1. The summed E-state index contributed by atoms with van der Waals surface area (Å²) in [7, 11) is 1.50. The minimum absolute atomic E-state index is 0.0570. The molecule has 0 bridgehead atoms. The normalized spacial score (nSPS) is 10.9. The lowest BCUT2D eigenvalue weighted by molar-refractivity contribution is 0.373. The second-order valence-corrected chi connectivity index (χ2v) is 4.91. The van der Waals surface area contributed by atoms with Gasteiger partial charge in [-0.1, -0.05) is 22.0 Å². The van der Waals surface area contributed by atoms with Gasteiger partial charge in [0.05, 0.1) is 7.11 Å². The van der Waals surface area contributed by atoms with Gasteiger partial charge < -0.3 is 9.84 Å². The summed E-state index contributed by atoms with van der Waals surface area (Å²) >= 11 is 3.36. The van der Waals surface area contributed by atoms with Crippen LogP contribution in [0.5, 0.6) is 11.5 Å². The summed E-state index contributed by atoms with van der Waals surface area (Å²) in [5.74, 6) is 1.04. The SMILES string of the molecule is COc1cc(Br)cc(C=Nc2ccc(C)cn2)c1O. The molecule has 2 rings (SSSR count). The molecule has 0 aliphatic heterocycles. The molecule has 0 radical (unpaired) electrons. The van der Waals surface area contributed by atoms with Crippen LogP contribution in [0.15, 0.2) is 39.9 Å². The van der Waals surface area contributed by atoms with Crippen molar-refractivity contribution in [1.29, 1.82) is 0 Å². The van der Waals surface area contributed by atoms with Crippen LogP contribution in [-0.4, -0.2) is 23.4 Å². The molecule has 0 atom stereocenters. The van der Waals surface area contributed by atoms with Gasteiger partial charge in [0.2, 0.25) is 0 Å². The molecule has 2 aromatic rings. The lowest BCUT2D eigenvalue weighted by Crippen LogP contribution is -1.89. The molecule has 0 unspecified atom stereocenters. The maximum Gasteiger partial charge on any atom is 0.166 e. The van der Waals surface area contributed by atoms with Gasteiger partial charge in [-0.15, -0.1) is 0 Å². The van der Waals surface area contributed by atoms with Crippen molar-refractivity contribution in [2.24, 2.45) is 4.99 Å². The Morgan fingerprint density at radius 2 is 2.16 bits per heavy atom. The van der Waals surface area contributed by atoms with Crippen LogP contribution in [0.1, 0.15) is 11.1 Å². The first kappa shape index (κ1) is 13.5. The van der Waals surface area contributed by atoms with Gasteiger partial charge in [0.25, 0.3) is 0 Å². The number of benzene rings is 1. The molecular weight excluding hydrogens is 308 g/mol. The molecule has 0 fully saturated rings. The van der Waals surface area contributed by atoms with Gasteiger partial charge in [0, 0.05) is 22.4 Å². The fourth-order valence-corrected chi connectivity index (χ4v) is 1.98. The monoisotopic (exact) mass is 320 g/mol. The number of aromatic nitrogens is 1. The lowest BCUT2D eigenvalue weighted by atomic mass is 10.2. The predicted octanol–water partition coefficient (Wildman–Crippen LogP) is 3.62. The van der Waals surface area contributed by atoms with Crippen molar-refractivity contribution in [3.05, 3.63) is 46.1 Å². The maximum atomic E-state index is 9.98. The molecule has 5 heteroatoms. The van der Waals surface area contributed by atoms with E-state index in [9.17, 15) is 5.11 Å². The molecule has 19 heavy (non-hydrogen) atoms. The first-order chi connectivity index (χ1) is 9.10. The van der Waals surface area contributed by atoms with Crippen molar-refractivity contribution in [1.82, 2.24) is 4.98 Å². The summed E-state index contributed by atoms with van der Waals surface area (Å²) in [4.78, 5) is 8.39. The van der Waals surface area contributed by atoms with Crippen molar-refractivity contribution in [3.8, 4) is 11.5 Å². The topological polar surface area (TPSA) is 54.7 Å². The van der Waals surface area contributed by atoms with Gasteiger partial charge in [0.1, 0.15) is 0 Å². The minimum atomic E-state index is 0.0570. The second kappa shape index (κ2) is 5.84. The highest BCUT2D eigenvalue weighted by molar-refractivity contribution is 9.10. The van der Waals surface area contributed by atoms with Crippen LogP contribution in [0.4, 0.5) is 5.82 Å². The standard InChI is InChI=1S/C14H13BrN2O2/c1-9-3-4-13(16-7-9)17-8-10-5-11(15)6-12(19-2)14(10)18/h3-8,18H,1-2H3. The Kier molecular flexibility index (Phi) is 4.16. The Labute approximate surface area is 119 Å². The van der Waals surface area contributed by atoms with E-state index in [4.69, 9.17) is 4.74 Å². The Bertz CT molecular complexity index is 610. The fourth-order valence-electron chi connectivity index (χ4n) is 1.52. The molecule has 0 aliphatic carbocycles. The van der Waals surface area contributed by atoms with Gasteiger partial charge in [-0.05, 0) is 30.7 Å². The fraction of sp³-hybridized carbons (Fsp3) is 0.143. The highest BCUT2D eigenvalue weighted by Gasteiger charge is 2.07. The highest BCUT2D eigenvalue weighted by Crippen LogP contribution is 2.32. The number of phenols is 1. The van der Waals surface area contributed by atoms with E-state index in [1.54, 1.807) is 24.5 Å². The number of aryl methyl sites for hydroxylation is 1. The van der Waals surface area contributed by atoms with Crippen LogP contribution in [0, 0.1) is 6.92 Å². The van der Waals surface area contributed by atoms with E-state index in [0.717, 1.165) is 10.0 Å². The second-order valence-electron chi connectivity index (χ2n) is 4.00. The summed E-state index contributed by atoms with van der Waals surface area (Å²) < 4.78 is 5.88. The Morgan fingerprint density at radius 3 is 2.79 bits per heavy atom. The van der Waals surface area contributed by atoms with Crippen molar-refractivity contribution in [3.63, 3.8) is 0 Å². The van der Waals surface area contributed by atoms with Crippen LogP contribution in [0.3, 0.4) is 0 Å². The Balaban J connectivity index is 2.32. The average molecular weight is 321 g/mol. The number of aliphatic imine (C=N–C) groups is 1. The molecular formula is C14H13BrN2O2. The summed E-state index contributed by atoms with van der Waals surface area (Å²) in [5.41, 5.74) is 1.64. The zero-order valence-corrected chi connectivity index (χ0v) is 12.2. The molecule has 98 valence electrons. The summed E-state index contributed by atoms with van der Waals surface area (Å²) in [6.07, 6.45) is 3.30. The molecule has 0 aliphatic rings. The van der Waals surface area contributed by atoms with Crippen LogP contribution >= 0.6 is 15.9 Å². The van der Waals surface area contributed by atoms with E-state index >= 15 is 0 Å². The number of halogens is 1. The van der Waals surface area contributed by atoms with E-state index in [-0.39, 0.29) is 5.75 Å². The zero-order chi connectivity index (χ0) is 13.8. The van der Waals surface area contributed by atoms with Gasteiger partial charge in [-0.3, -0.25) is 0 Å². The Hall–Kier alpha value is -1.88. The molecule has 1 aromatic carbocycles. The van der Waals surface area contributed by atoms with Crippen molar-refractivity contribution in [2.75, 3.05) is 7.11 Å². The van der Waals surface area contributed by atoms with Crippen LogP contribution in [0.25, 0.3) is 0 Å². The molecule has 0 saturated heterocycles. The summed E-state index contributed by atoms with van der Waals surface area (Å²) in [6, 6.07) is 7.20. The number of pyridine rings is 1. The van der Waals surface area contributed by atoms with Crippen molar-refractivity contribution in [2.45, 2.75) is 6.92 Å². The molecule has 1 N–H and O–H groups in total. The highest BCUT2D eigenvalue weighted by atomic mass is 79.9. The smallest absolute Gasteiger partial charge is 0.166 e.